The Bertz CT molecular complexity index is 1520. The third-order valence-corrected chi connectivity index (χ3v) is 11.1. The van der Waals surface area contributed by atoms with Crippen LogP contribution in [0, 0.1) is 11.8 Å². The van der Waals surface area contributed by atoms with E-state index in [-0.39, 0.29) is 23.8 Å². The molecule has 2 atom stereocenters. The number of rotatable bonds is 14. The lowest BCUT2D eigenvalue weighted by molar-refractivity contribution is -0.119. The molecule has 1 aromatic carbocycles. The van der Waals surface area contributed by atoms with Crippen LogP contribution < -0.4 is 14.4 Å². The molecule has 4 aliphatic rings. The molecule has 3 aliphatic carbocycles. The van der Waals surface area contributed by atoms with Crippen LogP contribution in [-0.4, -0.2) is 59.8 Å². The van der Waals surface area contributed by atoms with Gasteiger partial charge in [-0.05, 0) is 68.6 Å². The molecule has 44 heavy (non-hydrogen) atoms. The fraction of sp³-hybridized carbons (Fsp3) is 0.588. The molecule has 3 heterocycles. The van der Waals surface area contributed by atoms with Crippen molar-refractivity contribution in [1.29, 1.82) is 0 Å². The summed E-state index contributed by atoms with van der Waals surface area (Å²) >= 11 is 1.72. The van der Waals surface area contributed by atoms with Crippen molar-refractivity contribution < 1.29 is 23.8 Å². The first-order valence-electron chi connectivity index (χ1n) is 16.2. The van der Waals surface area contributed by atoms with Gasteiger partial charge in [-0.2, -0.15) is 0 Å². The molecule has 0 amide bonds. The van der Waals surface area contributed by atoms with E-state index in [4.69, 9.17) is 14.2 Å². The second kappa shape index (κ2) is 12.6. The summed E-state index contributed by atoms with van der Waals surface area (Å²) in [6.45, 7) is 1.93. The Morgan fingerprint density at radius 2 is 1.98 bits per heavy atom. The lowest BCUT2D eigenvalue weighted by Gasteiger charge is -2.33. The Morgan fingerprint density at radius 3 is 2.70 bits per heavy atom. The van der Waals surface area contributed by atoms with Crippen molar-refractivity contribution in [1.82, 2.24) is 14.8 Å². The van der Waals surface area contributed by atoms with E-state index in [1.54, 1.807) is 25.6 Å². The van der Waals surface area contributed by atoms with Crippen LogP contribution in [0.2, 0.25) is 0 Å². The van der Waals surface area contributed by atoms with E-state index < -0.39 is 0 Å². The van der Waals surface area contributed by atoms with Gasteiger partial charge in [-0.1, -0.05) is 12.8 Å². The van der Waals surface area contributed by atoms with Gasteiger partial charge >= 0.3 is 0 Å². The molecule has 10 heteroatoms. The predicted molar refractivity (Wildman–Crippen MR) is 168 cm³/mol. The van der Waals surface area contributed by atoms with Crippen molar-refractivity contribution >= 4 is 28.9 Å². The molecule has 1 saturated heterocycles. The topological polar surface area (TPSA) is 95.8 Å². The first-order chi connectivity index (χ1) is 21.5. The quantitative estimate of drug-likeness (QED) is 0.210. The SMILES string of the molecule is COc1ccc(CN(c2nncn2[C@@H]2CCc3sc(CC(=O)C4CC4)c(C(=O)CCC4CC4)c3C2)C2CCOC2)c(OC)c1. The Balaban J connectivity index is 1.18. The number of hydrogen-bond acceptors (Lipinski definition) is 9. The molecule has 2 aromatic heterocycles. The zero-order valence-electron chi connectivity index (χ0n) is 25.8. The van der Waals surface area contributed by atoms with Crippen molar-refractivity contribution in [3.05, 3.63) is 51.0 Å². The van der Waals surface area contributed by atoms with Gasteiger partial charge in [0.2, 0.25) is 5.95 Å². The number of carbonyl (C=O) groups is 2. The number of Topliss-reactive ketones (excluding diaryl/α,β-unsaturated/α-hetero) is 2. The average Bonchev–Trinajstić information content (AvgIpc) is 3.92. The molecule has 3 fully saturated rings. The van der Waals surface area contributed by atoms with Crippen molar-refractivity contribution in [3.8, 4) is 11.5 Å². The number of fused-ring (bicyclic) bond motifs is 1. The number of hydrogen-bond donors (Lipinski definition) is 0. The number of anilines is 1. The zero-order chi connectivity index (χ0) is 30.2. The van der Waals surface area contributed by atoms with Crippen molar-refractivity contribution in [3.63, 3.8) is 0 Å². The van der Waals surface area contributed by atoms with Gasteiger partial charge < -0.3 is 19.1 Å². The lowest BCUT2D eigenvalue weighted by Crippen LogP contribution is -2.38. The van der Waals surface area contributed by atoms with Gasteiger partial charge in [-0.3, -0.25) is 14.2 Å². The number of benzene rings is 1. The monoisotopic (exact) mass is 618 g/mol. The smallest absolute Gasteiger partial charge is 0.227 e. The molecule has 3 aromatic rings. The van der Waals surface area contributed by atoms with Crippen LogP contribution >= 0.6 is 11.3 Å². The van der Waals surface area contributed by atoms with Gasteiger partial charge in [-0.15, -0.1) is 21.5 Å². The molecule has 2 saturated carbocycles. The number of ketones is 2. The van der Waals surface area contributed by atoms with Gasteiger partial charge in [0.1, 0.15) is 23.6 Å². The molecular weight excluding hydrogens is 576 g/mol. The van der Waals surface area contributed by atoms with Crippen LogP contribution in [0.5, 0.6) is 11.5 Å². The molecule has 0 spiro atoms. The van der Waals surface area contributed by atoms with Gasteiger partial charge in [0.25, 0.3) is 0 Å². The van der Waals surface area contributed by atoms with Crippen LogP contribution in [0.3, 0.4) is 0 Å². The third kappa shape index (κ3) is 6.15. The van der Waals surface area contributed by atoms with E-state index in [1.807, 2.05) is 24.5 Å². The first-order valence-corrected chi connectivity index (χ1v) is 17.0. The zero-order valence-corrected chi connectivity index (χ0v) is 26.6. The maximum Gasteiger partial charge on any atom is 0.227 e. The minimum atomic E-state index is 0.117. The number of aromatic nitrogens is 3. The van der Waals surface area contributed by atoms with E-state index in [9.17, 15) is 9.59 Å². The van der Waals surface area contributed by atoms with E-state index in [0.717, 1.165) is 84.0 Å². The molecule has 234 valence electrons. The first kappa shape index (κ1) is 29.5. The minimum absolute atomic E-state index is 0.117. The second-order valence-corrected chi connectivity index (χ2v) is 14.1. The fourth-order valence-electron chi connectivity index (χ4n) is 6.88. The molecule has 1 aliphatic heterocycles. The highest BCUT2D eigenvalue weighted by Crippen LogP contribution is 2.43. The Kier molecular flexibility index (Phi) is 8.46. The molecule has 0 radical (unpaired) electrons. The third-order valence-electron chi connectivity index (χ3n) is 9.82. The summed E-state index contributed by atoms with van der Waals surface area (Å²) in [7, 11) is 3.34. The number of aryl methyl sites for hydroxylation is 1. The normalized spacial score (nSPS) is 21.2. The van der Waals surface area contributed by atoms with Crippen molar-refractivity contribution in [2.24, 2.45) is 11.8 Å². The maximum atomic E-state index is 13.8. The van der Waals surface area contributed by atoms with Crippen molar-refractivity contribution in [2.75, 3.05) is 32.3 Å². The number of thiophene rings is 1. The molecular formula is C34H42N4O5S. The van der Waals surface area contributed by atoms with Crippen LogP contribution in [0.15, 0.2) is 24.5 Å². The standard InChI is InChI=1S/C34H42N4O5S/c1-41-26-10-8-23(30(16-26)42-2)18-37(25-13-14-43-19-25)34-36-35-20-38(34)24-9-12-31-27(15-24)33(28(39)11-5-21-3-4-21)32(44-31)17-29(40)22-6-7-22/h8,10,16,20-22,24-25H,3-7,9,11-15,17-19H2,1-2H3/t24-,25?/m1/s1. The van der Waals surface area contributed by atoms with Gasteiger partial charge in [0, 0.05) is 64.9 Å². The number of nitrogens with zero attached hydrogens (tertiary/aromatic N) is 4. The average molecular weight is 619 g/mol. The molecule has 1 unspecified atom stereocenters. The maximum absolute atomic E-state index is 13.8. The van der Waals surface area contributed by atoms with Crippen molar-refractivity contribution in [2.45, 2.75) is 89.3 Å². The Labute approximate surface area is 262 Å². The highest BCUT2D eigenvalue weighted by atomic mass is 32.1. The summed E-state index contributed by atoms with van der Waals surface area (Å²) in [6.07, 6.45) is 11.8. The highest BCUT2D eigenvalue weighted by Gasteiger charge is 2.36. The summed E-state index contributed by atoms with van der Waals surface area (Å²) in [5.74, 6) is 3.77. The highest BCUT2D eigenvalue weighted by molar-refractivity contribution is 7.12. The van der Waals surface area contributed by atoms with E-state index in [2.05, 4.69) is 19.7 Å². The lowest BCUT2D eigenvalue weighted by atomic mass is 9.88. The van der Waals surface area contributed by atoms with Crippen LogP contribution in [0.25, 0.3) is 0 Å². The van der Waals surface area contributed by atoms with Gasteiger partial charge in [0.15, 0.2) is 5.78 Å². The molecule has 9 nitrogen and oxygen atoms in total. The molecule has 0 N–H and O–H groups in total. The van der Waals surface area contributed by atoms with E-state index in [1.165, 1.54) is 17.7 Å². The van der Waals surface area contributed by atoms with Crippen LogP contribution in [0.1, 0.15) is 88.6 Å². The predicted octanol–water partition coefficient (Wildman–Crippen LogP) is 5.78. The number of carbonyl (C=O) groups excluding carboxylic acids is 2. The van der Waals surface area contributed by atoms with Gasteiger partial charge in [0.05, 0.1) is 26.9 Å². The summed E-state index contributed by atoms with van der Waals surface area (Å²) in [6, 6.07) is 6.19. The van der Waals surface area contributed by atoms with E-state index >= 15 is 0 Å². The number of ether oxygens (including phenoxy) is 3. The Morgan fingerprint density at radius 1 is 1.11 bits per heavy atom. The summed E-state index contributed by atoms with van der Waals surface area (Å²) in [5, 5.41) is 9.08. The van der Waals surface area contributed by atoms with Crippen LogP contribution in [0.4, 0.5) is 5.95 Å². The summed E-state index contributed by atoms with van der Waals surface area (Å²) in [5.41, 5.74) is 3.06. The summed E-state index contributed by atoms with van der Waals surface area (Å²) < 4.78 is 19.2. The van der Waals surface area contributed by atoms with E-state index in [0.29, 0.717) is 44.3 Å². The van der Waals surface area contributed by atoms with Crippen LogP contribution in [-0.2, 0) is 35.3 Å². The Hall–Kier alpha value is -3.24. The summed E-state index contributed by atoms with van der Waals surface area (Å²) in [4.78, 5) is 31.3. The fourth-order valence-corrected chi connectivity index (χ4v) is 8.26. The minimum Gasteiger partial charge on any atom is -0.497 e. The molecule has 0 bridgehead atoms. The second-order valence-electron chi connectivity index (χ2n) is 12.9. The number of methoxy groups -OCH3 is 2. The molecule has 7 rings (SSSR count). The van der Waals surface area contributed by atoms with Gasteiger partial charge in [-0.25, -0.2) is 0 Å². The largest absolute Gasteiger partial charge is 0.497 e.